The molecule has 0 bridgehead atoms. The maximum absolute atomic E-state index is 6.70. The number of fused-ring (bicyclic) bond motifs is 1. The van der Waals surface area contributed by atoms with E-state index in [1.807, 2.05) is 36.1 Å². The van der Waals surface area contributed by atoms with Crippen LogP contribution in [-0.4, -0.2) is 40.9 Å². The molecule has 2 fully saturated rings. The lowest BCUT2D eigenvalue weighted by Crippen LogP contribution is -2.54. The van der Waals surface area contributed by atoms with Crippen LogP contribution in [0.3, 0.4) is 0 Å². The van der Waals surface area contributed by atoms with Gasteiger partial charge in [-0.1, -0.05) is 41.9 Å². The molecule has 0 aliphatic carbocycles. The van der Waals surface area contributed by atoms with E-state index in [1.54, 1.807) is 0 Å². The minimum Gasteiger partial charge on any atom is -0.356 e. The predicted molar refractivity (Wildman–Crippen MR) is 131 cm³/mol. The van der Waals surface area contributed by atoms with Crippen molar-refractivity contribution in [3.05, 3.63) is 65.3 Å². The smallest absolute Gasteiger partial charge is 0.132 e. The summed E-state index contributed by atoms with van der Waals surface area (Å²) in [7, 11) is 1.97. The Morgan fingerprint density at radius 2 is 1.94 bits per heavy atom. The highest BCUT2D eigenvalue weighted by Gasteiger charge is 2.43. The average Bonchev–Trinajstić information content (AvgIpc) is 3.41. The van der Waals surface area contributed by atoms with Crippen molar-refractivity contribution >= 4 is 28.3 Å². The van der Waals surface area contributed by atoms with Gasteiger partial charge in [0.1, 0.15) is 5.82 Å². The largest absolute Gasteiger partial charge is 0.356 e. The van der Waals surface area contributed by atoms with Crippen LogP contribution >= 0.6 is 11.6 Å². The third kappa shape index (κ3) is 3.03. The molecule has 1 N–H and O–H groups in total. The Hall–Kier alpha value is -2.89. The van der Waals surface area contributed by atoms with Crippen LogP contribution in [0.25, 0.3) is 33.3 Å². The molecule has 4 heterocycles. The summed E-state index contributed by atoms with van der Waals surface area (Å²) in [6, 6.07) is 16.7. The molecule has 1 spiro atoms. The van der Waals surface area contributed by atoms with Gasteiger partial charge in [-0.05, 0) is 37.1 Å². The van der Waals surface area contributed by atoms with Crippen molar-refractivity contribution in [2.24, 2.45) is 12.5 Å². The van der Waals surface area contributed by atoms with Gasteiger partial charge in [0.15, 0.2) is 0 Å². The second-order valence-electron chi connectivity index (χ2n) is 9.26. The van der Waals surface area contributed by atoms with Crippen LogP contribution in [0.4, 0.5) is 5.82 Å². The topological polar surface area (TPSA) is 46.0 Å². The van der Waals surface area contributed by atoms with Crippen molar-refractivity contribution in [2.45, 2.75) is 13.3 Å². The van der Waals surface area contributed by atoms with Gasteiger partial charge in [-0.3, -0.25) is 4.68 Å². The summed E-state index contributed by atoms with van der Waals surface area (Å²) in [5.41, 5.74) is 7.04. The van der Waals surface area contributed by atoms with Gasteiger partial charge in [-0.15, -0.1) is 0 Å². The Balaban J connectivity index is 1.57. The number of nitrogens with zero attached hydrogens (tertiary/aromatic N) is 4. The van der Waals surface area contributed by atoms with Crippen LogP contribution in [0.5, 0.6) is 0 Å². The van der Waals surface area contributed by atoms with E-state index in [4.69, 9.17) is 16.6 Å². The Morgan fingerprint density at radius 1 is 1.09 bits per heavy atom. The number of nitrogens with one attached hydrogen (secondary N) is 1. The molecule has 2 aromatic heterocycles. The minimum absolute atomic E-state index is 0.407. The first-order valence-electron chi connectivity index (χ1n) is 11.2. The number of rotatable bonds is 3. The van der Waals surface area contributed by atoms with E-state index >= 15 is 0 Å². The fourth-order valence-electron chi connectivity index (χ4n) is 5.37. The molecule has 2 aliphatic heterocycles. The normalized spacial score (nSPS) is 17.3. The number of halogens is 1. The molecular weight excluding hydrogens is 418 g/mol. The van der Waals surface area contributed by atoms with Crippen molar-refractivity contribution in [3.8, 4) is 22.4 Å². The van der Waals surface area contributed by atoms with E-state index < -0.39 is 0 Å². The predicted octanol–water partition coefficient (Wildman–Crippen LogP) is 5.06. The Kier molecular flexibility index (Phi) is 4.52. The zero-order valence-corrected chi connectivity index (χ0v) is 19.2. The first kappa shape index (κ1) is 19.8. The van der Waals surface area contributed by atoms with Crippen LogP contribution in [-0.2, 0) is 7.05 Å². The second-order valence-corrected chi connectivity index (χ2v) is 9.67. The molecular formula is C26H26ClN5. The maximum atomic E-state index is 6.70. The number of anilines is 1. The summed E-state index contributed by atoms with van der Waals surface area (Å²) < 4.78 is 1.90. The van der Waals surface area contributed by atoms with Crippen molar-refractivity contribution in [2.75, 3.05) is 31.1 Å². The zero-order chi connectivity index (χ0) is 21.9. The van der Waals surface area contributed by atoms with Gasteiger partial charge >= 0.3 is 0 Å². The first-order valence-corrected chi connectivity index (χ1v) is 11.6. The van der Waals surface area contributed by atoms with Crippen molar-refractivity contribution < 1.29 is 0 Å². The number of aryl methyl sites for hydroxylation is 1. The van der Waals surface area contributed by atoms with E-state index in [2.05, 4.69) is 52.6 Å². The number of hydrogen-bond acceptors (Lipinski definition) is 4. The standard InChI is InChI=1S/C26H26ClN5/c1-17-24(19-5-3-4-6-21(19)27)20-8-7-18(23-9-11-29-31(23)2)13-22(20)30-25(17)32-12-10-26(16-32)14-28-15-26/h3-9,11,13,28H,10,12,14-16H2,1-2H3. The first-order chi connectivity index (χ1) is 15.5. The summed E-state index contributed by atoms with van der Waals surface area (Å²) in [4.78, 5) is 7.71. The van der Waals surface area contributed by atoms with Gasteiger partial charge < -0.3 is 10.2 Å². The molecule has 0 amide bonds. The van der Waals surface area contributed by atoms with E-state index in [9.17, 15) is 0 Å². The minimum atomic E-state index is 0.407. The van der Waals surface area contributed by atoms with E-state index in [-0.39, 0.29) is 0 Å². The van der Waals surface area contributed by atoms with E-state index in [1.165, 1.54) is 17.5 Å². The molecule has 32 heavy (non-hydrogen) atoms. The lowest BCUT2D eigenvalue weighted by Gasteiger charge is -2.39. The molecule has 0 atom stereocenters. The van der Waals surface area contributed by atoms with Crippen LogP contribution in [0.1, 0.15) is 12.0 Å². The molecule has 6 heteroatoms. The maximum Gasteiger partial charge on any atom is 0.132 e. The summed E-state index contributed by atoms with van der Waals surface area (Å²) in [6.07, 6.45) is 3.05. The van der Waals surface area contributed by atoms with Crippen LogP contribution < -0.4 is 10.2 Å². The van der Waals surface area contributed by atoms with Crippen LogP contribution in [0.2, 0.25) is 5.02 Å². The third-order valence-corrected chi connectivity index (χ3v) is 7.53. The summed E-state index contributed by atoms with van der Waals surface area (Å²) in [5, 5.41) is 9.70. The number of aromatic nitrogens is 3. The lowest BCUT2D eigenvalue weighted by molar-refractivity contribution is 0.199. The highest BCUT2D eigenvalue weighted by atomic mass is 35.5. The summed E-state index contributed by atoms with van der Waals surface area (Å²) >= 11 is 6.70. The van der Waals surface area contributed by atoms with Gasteiger partial charge in [0.25, 0.3) is 0 Å². The van der Waals surface area contributed by atoms with Gasteiger partial charge in [0, 0.05) is 71.9 Å². The molecule has 6 rings (SSSR count). The van der Waals surface area contributed by atoms with Crippen molar-refractivity contribution in [1.29, 1.82) is 0 Å². The molecule has 5 nitrogen and oxygen atoms in total. The zero-order valence-electron chi connectivity index (χ0n) is 18.4. The monoisotopic (exact) mass is 443 g/mol. The van der Waals surface area contributed by atoms with E-state index in [0.29, 0.717) is 5.41 Å². The Labute approximate surface area is 193 Å². The number of pyridine rings is 1. The molecule has 2 aromatic carbocycles. The molecule has 2 aliphatic rings. The molecule has 162 valence electrons. The van der Waals surface area contributed by atoms with Gasteiger partial charge in [0.2, 0.25) is 0 Å². The SMILES string of the molecule is Cc1c(N2CCC3(CNC3)C2)nc2cc(-c3ccnn3C)ccc2c1-c1ccccc1Cl. The third-order valence-electron chi connectivity index (χ3n) is 7.20. The molecule has 0 unspecified atom stereocenters. The number of hydrogen-bond donors (Lipinski definition) is 1. The Morgan fingerprint density at radius 3 is 2.62 bits per heavy atom. The van der Waals surface area contributed by atoms with Crippen LogP contribution in [0, 0.1) is 12.3 Å². The van der Waals surface area contributed by atoms with Gasteiger partial charge in [-0.2, -0.15) is 5.10 Å². The molecule has 2 saturated heterocycles. The van der Waals surface area contributed by atoms with Gasteiger partial charge in [0.05, 0.1) is 11.2 Å². The quantitative estimate of drug-likeness (QED) is 0.480. The van der Waals surface area contributed by atoms with Crippen molar-refractivity contribution in [1.82, 2.24) is 20.1 Å². The van der Waals surface area contributed by atoms with Gasteiger partial charge in [-0.25, -0.2) is 4.98 Å². The van der Waals surface area contributed by atoms with Crippen molar-refractivity contribution in [3.63, 3.8) is 0 Å². The lowest BCUT2D eigenvalue weighted by atomic mass is 9.81. The molecule has 0 radical (unpaired) electrons. The highest BCUT2D eigenvalue weighted by Crippen LogP contribution is 2.43. The summed E-state index contributed by atoms with van der Waals surface area (Å²) in [5.74, 6) is 1.08. The number of benzene rings is 2. The molecule has 4 aromatic rings. The molecule has 0 saturated carbocycles. The summed E-state index contributed by atoms with van der Waals surface area (Å²) in [6.45, 7) is 6.52. The average molecular weight is 444 g/mol. The van der Waals surface area contributed by atoms with E-state index in [0.717, 1.165) is 64.7 Å². The van der Waals surface area contributed by atoms with Crippen LogP contribution in [0.15, 0.2) is 54.7 Å². The fraction of sp³-hybridized carbons (Fsp3) is 0.308. The fourth-order valence-corrected chi connectivity index (χ4v) is 5.60. The second kappa shape index (κ2) is 7.32. The Bertz CT molecular complexity index is 1340. The highest BCUT2D eigenvalue weighted by molar-refractivity contribution is 6.33.